The summed E-state index contributed by atoms with van der Waals surface area (Å²) < 4.78 is 11.1. The van der Waals surface area contributed by atoms with Gasteiger partial charge < -0.3 is 9.47 Å². The van der Waals surface area contributed by atoms with E-state index in [1.54, 1.807) is 0 Å². The van der Waals surface area contributed by atoms with E-state index in [0.29, 0.717) is 19.1 Å². The summed E-state index contributed by atoms with van der Waals surface area (Å²) in [5.74, 6) is 0.546. The van der Waals surface area contributed by atoms with Crippen LogP contribution in [0.2, 0.25) is 0 Å². The van der Waals surface area contributed by atoms with Gasteiger partial charge in [0.1, 0.15) is 0 Å². The van der Waals surface area contributed by atoms with E-state index in [4.69, 9.17) is 9.47 Å². The zero-order valence-electron chi connectivity index (χ0n) is 7.95. The molecular formula is C10H18O2. The Hall–Kier alpha value is -0.340. The van der Waals surface area contributed by atoms with Gasteiger partial charge in [-0.3, -0.25) is 0 Å². The Morgan fingerprint density at radius 2 is 1.67 bits per heavy atom. The Morgan fingerprint density at radius 3 is 2.08 bits per heavy atom. The molecule has 70 valence electrons. The summed E-state index contributed by atoms with van der Waals surface area (Å²) in [5.41, 5.74) is 0. The first kappa shape index (κ1) is 9.75. The second-order valence-electron chi connectivity index (χ2n) is 3.08. The van der Waals surface area contributed by atoms with Crippen LogP contribution in [0.1, 0.15) is 26.7 Å². The van der Waals surface area contributed by atoms with Gasteiger partial charge >= 0.3 is 0 Å². The first-order valence-electron chi connectivity index (χ1n) is 4.76. The topological polar surface area (TPSA) is 18.5 Å². The zero-order valence-corrected chi connectivity index (χ0v) is 7.95. The van der Waals surface area contributed by atoms with Crippen molar-refractivity contribution in [3.05, 3.63) is 12.2 Å². The Bertz CT molecular complexity index is 129. The number of hydrogen-bond acceptors (Lipinski definition) is 2. The second-order valence-corrected chi connectivity index (χ2v) is 3.08. The van der Waals surface area contributed by atoms with Crippen LogP contribution in [0.25, 0.3) is 0 Å². The largest absolute Gasteiger partial charge is 0.348 e. The Balaban J connectivity index is 2.38. The number of ether oxygens (including phenoxy) is 2. The lowest BCUT2D eigenvalue weighted by Crippen LogP contribution is -2.25. The molecule has 0 aromatic carbocycles. The van der Waals surface area contributed by atoms with Gasteiger partial charge in [-0.25, -0.2) is 0 Å². The lowest BCUT2D eigenvalue weighted by atomic mass is 10.0. The standard InChI is InChI=1S/C10H18O2/c1-3-9(4-2)10-11-7-5-6-8-12-10/h5-6,9-10H,3-4,7-8H2,1-2H3. The van der Waals surface area contributed by atoms with E-state index < -0.39 is 0 Å². The van der Waals surface area contributed by atoms with Gasteiger partial charge in [0.25, 0.3) is 0 Å². The summed E-state index contributed by atoms with van der Waals surface area (Å²) in [4.78, 5) is 0. The first-order valence-corrected chi connectivity index (χ1v) is 4.76. The van der Waals surface area contributed by atoms with Crippen LogP contribution in [-0.4, -0.2) is 19.5 Å². The van der Waals surface area contributed by atoms with Crippen LogP contribution >= 0.6 is 0 Å². The summed E-state index contributed by atoms with van der Waals surface area (Å²) in [6.07, 6.45) is 6.29. The fraction of sp³-hybridized carbons (Fsp3) is 0.800. The van der Waals surface area contributed by atoms with Crippen molar-refractivity contribution in [1.82, 2.24) is 0 Å². The molecule has 1 aliphatic rings. The molecule has 0 radical (unpaired) electrons. The van der Waals surface area contributed by atoms with Gasteiger partial charge in [0.2, 0.25) is 0 Å². The third kappa shape index (κ3) is 2.61. The molecule has 0 saturated heterocycles. The van der Waals surface area contributed by atoms with Crippen molar-refractivity contribution in [2.75, 3.05) is 13.2 Å². The van der Waals surface area contributed by atoms with Crippen LogP contribution in [0.4, 0.5) is 0 Å². The molecule has 0 spiro atoms. The van der Waals surface area contributed by atoms with E-state index >= 15 is 0 Å². The van der Waals surface area contributed by atoms with Gasteiger partial charge in [0, 0.05) is 5.92 Å². The Kier molecular flexibility index (Phi) is 4.33. The fourth-order valence-corrected chi connectivity index (χ4v) is 1.43. The maximum atomic E-state index is 5.54. The second kappa shape index (κ2) is 5.33. The highest BCUT2D eigenvalue weighted by Crippen LogP contribution is 2.18. The molecule has 0 fully saturated rings. The summed E-state index contributed by atoms with van der Waals surface area (Å²) in [5, 5.41) is 0. The van der Waals surface area contributed by atoms with Crippen LogP contribution in [0.15, 0.2) is 12.2 Å². The number of rotatable bonds is 3. The Labute approximate surface area is 74.6 Å². The maximum absolute atomic E-state index is 5.54. The van der Waals surface area contributed by atoms with E-state index in [9.17, 15) is 0 Å². The van der Waals surface area contributed by atoms with Crippen LogP contribution in [0, 0.1) is 5.92 Å². The molecule has 0 bridgehead atoms. The van der Waals surface area contributed by atoms with Crippen molar-refractivity contribution in [1.29, 1.82) is 0 Å². The molecule has 0 N–H and O–H groups in total. The predicted octanol–water partition coefficient (Wildman–Crippen LogP) is 2.35. The van der Waals surface area contributed by atoms with E-state index in [2.05, 4.69) is 13.8 Å². The van der Waals surface area contributed by atoms with Crippen molar-refractivity contribution in [2.24, 2.45) is 5.92 Å². The number of hydrogen-bond donors (Lipinski definition) is 0. The highest BCUT2D eigenvalue weighted by molar-refractivity contribution is 4.84. The third-order valence-electron chi connectivity index (χ3n) is 2.31. The van der Waals surface area contributed by atoms with Gasteiger partial charge in [-0.05, 0) is 12.8 Å². The fourth-order valence-electron chi connectivity index (χ4n) is 1.43. The van der Waals surface area contributed by atoms with Crippen molar-refractivity contribution in [2.45, 2.75) is 33.0 Å². The average molecular weight is 170 g/mol. The highest BCUT2D eigenvalue weighted by atomic mass is 16.7. The monoisotopic (exact) mass is 170 g/mol. The molecule has 0 unspecified atom stereocenters. The first-order chi connectivity index (χ1) is 5.88. The summed E-state index contributed by atoms with van der Waals surface area (Å²) in [6.45, 7) is 5.75. The highest BCUT2D eigenvalue weighted by Gasteiger charge is 2.19. The van der Waals surface area contributed by atoms with Crippen molar-refractivity contribution >= 4 is 0 Å². The van der Waals surface area contributed by atoms with Crippen LogP contribution in [0.5, 0.6) is 0 Å². The van der Waals surface area contributed by atoms with Gasteiger partial charge in [0.15, 0.2) is 6.29 Å². The molecule has 1 rings (SSSR count). The minimum absolute atomic E-state index is 0.00926. The molecule has 0 saturated carbocycles. The summed E-state index contributed by atoms with van der Waals surface area (Å²) >= 11 is 0. The molecule has 1 heterocycles. The van der Waals surface area contributed by atoms with Crippen LogP contribution in [-0.2, 0) is 9.47 Å². The normalized spacial score (nSPS) is 19.9. The van der Waals surface area contributed by atoms with E-state index in [1.807, 2.05) is 12.2 Å². The predicted molar refractivity (Wildman–Crippen MR) is 48.9 cm³/mol. The van der Waals surface area contributed by atoms with E-state index in [1.165, 1.54) is 0 Å². The lowest BCUT2D eigenvalue weighted by Gasteiger charge is -2.23. The SMILES string of the molecule is CCC(CC)C1OCC=CCO1. The van der Waals surface area contributed by atoms with Crippen molar-refractivity contribution < 1.29 is 9.47 Å². The van der Waals surface area contributed by atoms with Crippen molar-refractivity contribution in [3.63, 3.8) is 0 Å². The minimum atomic E-state index is 0.00926. The smallest absolute Gasteiger partial charge is 0.161 e. The third-order valence-corrected chi connectivity index (χ3v) is 2.31. The molecule has 0 amide bonds. The molecule has 2 heteroatoms. The zero-order chi connectivity index (χ0) is 8.81. The minimum Gasteiger partial charge on any atom is -0.348 e. The van der Waals surface area contributed by atoms with E-state index in [0.717, 1.165) is 12.8 Å². The molecule has 0 aromatic heterocycles. The van der Waals surface area contributed by atoms with Crippen LogP contribution in [0.3, 0.4) is 0 Å². The van der Waals surface area contributed by atoms with Gasteiger partial charge in [-0.1, -0.05) is 26.0 Å². The quantitative estimate of drug-likeness (QED) is 0.605. The van der Waals surface area contributed by atoms with Gasteiger partial charge in [-0.15, -0.1) is 0 Å². The molecule has 1 aliphatic heterocycles. The van der Waals surface area contributed by atoms with E-state index in [-0.39, 0.29) is 6.29 Å². The van der Waals surface area contributed by atoms with Crippen LogP contribution < -0.4 is 0 Å². The maximum Gasteiger partial charge on any atom is 0.161 e. The van der Waals surface area contributed by atoms with Crippen molar-refractivity contribution in [3.8, 4) is 0 Å². The van der Waals surface area contributed by atoms with Gasteiger partial charge in [-0.2, -0.15) is 0 Å². The van der Waals surface area contributed by atoms with Gasteiger partial charge in [0.05, 0.1) is 13.2 Å². The molecule has 0 aliphatic carbocycles. The molecular weight excluding hydrogens is 152 g/mol. The lowest BCUT2D eigenvalue weighted by molar-refractivity contribution is -0.155. The average Bonchev–Trinajstić information content (AvgIpc) is 2.35. The molecule has 12 heavy (non-hydrogen) atoms. The molecule has 2 nitrogen and oxygen atoms in total. The summed E-state index contributed by atoms with van der Waals surface area (Å²) in [6, 6.07) is 0. The summed E-state index contributed by atoms with van der Waals surface area (Å²) in [7, 11) is 0. The molecule has 0 atom stereocenters. The molecule has 0 aromatic rings. The Morgan fingerprint density at radius 1 is 1.17 bits per heavy atom.